The number of nitrogens with one attached hydrogen (secondary N) is 1. The highest BCUT2D eigenvalue weighted by Crippen LogP contribution is 2.32. The van der Waals surface area contributed by atoms with Crippen molar-refractivity contribution in [3.05, 3.63) is 21.4 Å². The largest absolute Gasteiger partial charge is 0.327 e. The van der Waals surface area contributed by atoms with Gasteiger partial charge in [0.1, 0.15) is 0 Å². The van der Waals surface area contributed by atoms with Crippen molar-refractivity contribution in [1.29, 1.82) is 0 Å². The number of rotatable bonds is 6. The van der Waals surface area contributed by atoms with Gasteiger partial charge in [-0.15, -0.1) is 11.3 Å². The van der Waals surface area contributed by atoms with E-state index < -0.39 is 0 Å². The van der Waals surface area contributed by atoms with E-state index in [1.807, 2.05) is 11.3 Å². The molecule has 3 N–H and O–H groups in total. The minimum Gasteiger partial charge on any atom is -0.327 e. The maximum atomic E-state index is 6.05. The van der Waals surface area contributed by atoms with Gasteiger partial charge >= 0.3 is 0 Å². The van der Waals surface area contributed by atoms with Crippen molar-refractivity contribution in [2.75, 3.05) is 6.54 Å². The van der Waals surface area contributed by atoms with E-state index in [-0.39, 0.29) is 0 Å². The minimum absolute atomic E-state index is 0.430. The zero-order valence-electron chi connectivity index (χ0n) is 10.3. The molecule has 0 amide bonds. The summed E-state index contributed by atoms with van der Waals surface area (Å²) >= 11 is 1.90. The molecule has 0 aromatic carbocycles. The van der Waals surface area contributed by atoms with Crippen molar-refractivity contribution >= 4 is 11.3 Å². The molecule has 1 aromatic rings. The van der Waals surface area contributed by atoms with Gasteiger partial charge in [-0.2, -0.15) is 0 Å². The maximum Gasteiger partial charge on any atom is 0.0299 e. The monoisotopic (exact) mass is 238 g/mol. The van der Waals surface area contributed by atoms with Crippen LogP contribution in [0, 0.1) is 19.8 Å². The fraction of sp³-hybridized carbons (Fsp3) is 0.692. The molecule has 1 aliphatic rings. The summed E-state index contributed by atoms with van der Waals surface area (Å²) in [4.78, 5) is 2.88. The molecule has 90 valence electrons. The van der Waals surface area contributed by atoms with Crippen molar-refractivity contribution in [2.45, 2.75) is 45.7 Å². The second kappa shape index (κ2) is 5.30. The maximum absolute atomic E-state index is 6.05. The van der Waals surface area contributed by atoms with Crippen molar-refractivity contribution < 1.29 is 0 Å². The van der Waals surface area contributed by atoms with Crippen LogP contribution in [0.1, 0.15) is 34.6 Å². The molecule has 3 heteroatoms. The van der Waals surface area contributed by atoms with Crippen molar-refractivity contribution in [2.24, 2.45) is 11.7 Å². The van der Waals surface area contributed by atoms with E-state index in [0.29, 0.717) is 6.04 Å². The lowest BCUT2D eigenvalue weighted by Gasteiger charge is -2.10. The van der Waals surface area contributed by atoms with Crippen LogP contribution < -0.4 is 11.1 Å². The quantitative estimate of drug-likeness (QED) is 0.748. The van der Waals surface area contributed by atoms with Crippen LogP contribution >= 0.6 is 11.3 Å². The van der Waals surface area contributed by atoms with Crippen molar-refractivity contribution in [1.82, 2.24) is 5.32 Å². The van der Waals surface area contributed by atoms with Gasteiger partial charge in [0.05, 0.1) is 0 Å². The van der Waals surface area contributed by atoms with Gasteiger partial charge in [-0.25, -0.2) is 0 Å². The first-order valence-electron chi connectivity index (χ1n) is 6.19. The van der Waals surface area contributed by atoms with E-state index in [1.54, 1.807) is 0 Å². The number of hydrogen-bond donors (Lipinski definition) is 2. The molecule has 0 radical (unpaired) electrons. The molecule has 1 unspecified atom stereocenters. The highest BCUT2D eigenvalue weighted by atomic mass is 32.1. The Morgan fingerprint density at radius 2 is 2.25 bits per heavy atom. The second-order valence-corrected chi connectivity index (χ2v) is 6.26. The third-order valence-electron chi connectivity index (χ3n) is 3.40. The van der Waals surface area contributed by atoms with Gasteiger partial charge in [0, 0.05) is 22.3 Å². The number of hydrogen-bond acceptors (Lipinski definition) is 3. The molecule has 0 bridgehead atoms. The van der Waals surface area contributed by atoms with Gasteiger partial charge in [0.15, 0.2) is 0 Å². The van der Waals surface area contributed by atoms with Crippen LogP contribution in [0.4, 0.5) is 0 Å². The molecule has 0 spiro atoms. The highest BCUT2D eigenvalue weighted by Gasteiger charge is 2.27. The molecular formula is C13H22N2S. The summed E-state index contributed by atoms with van der Waals surface area (Å²) in [5.74, 6) is 0.827. The van der Waals surface area contributed by atoms with Gasteiger partial charge in [-0.1, -0.05) is 0 Å². The summed E-state index contributed by atoms with van der Waals surface area (Å²) in [6.45, 7) is 6.41. The smallest absolute Gasteiger partial charge is 0.0299 e. The van der Waals surface area contributed by atoms with Gasteiger partial charge in [0.25, 0.3) is 0 Å². The SMILES string of the molecule is Cc1cc(CNCCC(N)C2CC2)sc1C. The Labute approximate surface area is 102 Å². The Hall–Kier alpha value is -0.380. The average molecular weight is 238 g/mol. The third kappa shape index (κ3) is 3.30. The van der Waals surface area contributed by atoms with Crippen molar-refractivity contribution in [3.63, 3.8) is 0 Å². The summed E-state index contributed by atoms with van der Waals surface area (Å²) in [7, 11) is 0. The molecule has 0 aliphatic heterocycles. The van der Waals surface area contributed by atoms with Gasteiger partial charge in [0.2, 0.25) is 0 Å². The molecular weight excluding hydrogens is 216 g/mol. The molecule has 2 nitrogen and oxygen atoms in total. The molecule has 16 heavy (non-hydrogen) atoms. The summed E-state index contributed by atoms with van der Waals surface area (Å²) in [5, 5.41) is 3.49. The first kappa shape index (κ1) is 12.1. The van der Waals surface area contributed by atoms with E-state index in [1.165, 1.54) is 28.2 Å². The van der Waals surface area contributed by atoms with Crippen LogP contribution in [0.25, 0.3) is 0 Å². The molecule has 1 heterocycles. The molecule has 1 aliphatic carbocycles. The fourth-order valence-corrected chi connectivity index (χ4v) is 3.00. The predicted molar refractivity (Wildman–Crippen MR) is 70.8 cm³/mol. The zero-order valence-corrected chi connectivity index (χ0v) is 11.1. The molecule has 1 aromatic heterocycles. The van der Waals surface area contributed by atoms with Crippen LogP contribution in [0.2, 0.25) is 0 Å². The van der Waals surface area contributed by atoms with E-state index in [0.717, 1.165) is 25.4 Å². The highest BCUT2D eigenvalue weighted by molar-refractivity contribution is 7.12. The average Bonchev–Trinajstić information content (AvgIpc) is 3.03. The van der Waals surface area contributed by atoms with E-state index >= 15 is 0 Å². The Bertz CT molecular complexity index is 322. The van der Waals surface area contributed by atoms with Crippen LogP contribution in [-0.4, -0.2) is 12.6 Å². The van der Waals surface area contributed by atoms with Crippen molar-refractivity contribution in [3.8, 4) is 0 Å². The summed E-state index contributed by atoms with van der Waals surface area (Å²) in [5.41, 5.74) is 7.46. The normalized spacial score (nSPS) is 17.7. The number of thiophene rings is 1. The first-order valence-corrected chi connectivity index (χ1v) is 7.00. The van der Waals surface area contributed by atoms with Crippen LogP contribution in [0.5, 0.6) is 0 Å². The lowest BCUT2D eigenvalue weighted by atomic mass is 10.1. The number of aryl methyl sites for hydroxylation is 2. The summed E-state index contributed by atoms with van der Waals surface area (Å²) in [6.07, 6.45) is 3.82. The molecule has 2 rings (SSSR count). The zero-order chi connectivity index (χ0) is 11.5. The van der Waals surface area contributed by atoms with Crippen LogP contribution in [0.3, 0.4) is 0 Å². The topological polar surface area (TPSA) is 38.0 Å². The van der Waals surface area contributed by atoms with Crippen LogP contribution in [-0.2, 0) is 6.54 Å². The minimum atomic E-state index is 0.430. The Morgan fingerprint density at radius 1 is 1.50 bits per heavy atom. The Morgan fingerprint density at radius 3 is 2.81 bits per heavy atom. The van der Waals surface area contributed by atoms with Gasteiger partial charge < -0.3 is 11.1 Å². The van der Waals surface area contributed by atoms with E-state index in [9.17, 15) is 0 Å². The summed E-state index contributed by atoms with van der Waals surface area (Å²) < 4.78 is 0. The molecule has 1 saturated carbocycles. The first-order chi connectivity index (χ1) is 7.66. The summed E-state index contributed by atoms with van der Waals surface area (Å²) in [6, 6.07) is 2.72. The fourth-order valence-electron chi connectivity index (χ4n) is 1.98. The standard InChI is InChI=1S/C13H22N2S/c1-9-7-12(16-10(9)2)8-15-6-5-13(14)11-3-4-11/h7,11,13,15H,3-6,8,14H2,1-2H3. The van der Waals surface area contributed by atoms with Gasteiger partial charge in [-0.05, 0) is 57.2 Å². The molecule has 0 saturated heterocycles. The van der Waals surface area contributed by atoms with E-state index in [2.05, 4.69) is 25.2 Å². The van der Waals surface area contributed by atoms with E-state index in [4.69, 9.17) is 5.73 Å². The molecule has 1 fully saturated rings. The molecule has 1 atom stereocenters. The van der Waals surface area contributed by atoms with Crippen LogP contribution in [0.15, 0.2) is 6.07 Å². The van der Waals surface area contributed by atoms with Gasteiger partial charge in [-0.3, -0.25) is 0 Å². The lowest BCUT2D eigenvalue weighted by Crippen LogP contribution is -2.27. The Balaban J connectivity index is 1.63. The predicted octanol–water partition coefficient (Wildman–Crippen LogP) is 2.58. The number of nitrogens with two attached hydrogens (primary N) is 1. The third-order valence-corrected chi connectivity index (χ3v) is 4.55. The Kier molecular flexibility index (Phi) is 4.00. The lowest BCUT2D eigenvalue weighted by molar-refractivity contribution is 0.518. The second-order valence-electron chi connectivity index (χ2n) is 4.92.